The molecule has 3 rings (SSSR count). The maximum atomic E-state index is 9.71. The first-order valence-electron chi connectivity index (χ1n) is 5.58. The first-order valence-corrected chi connectivity index (χ1v) is 5.58. The van der Waals surface area contributed by atoms with Gasteiger partial charge in [0.05, 0.1) is 19.0 Å². The maximum Gasteiger partial charge on any atom is 0.167 e. The van der Waals surface area contributed by atoms with Gasteiger partial charge in [0, 0.05) is 6.42 Å². The van der Waals surface area contributed by atoms with Crippen molar-refractivity contribution in [3.05, 3.63) is 12.7 Å². The zero-order valence-electron chi connectivity index (χ0n) is 9.47. The third-order valence-corrected chi connectivity index (χ3v) is 3.08. The van der Waals surface area contributed by atoms with Crippen LogP contribution in [0.25, 0.3) is 11.2 Å². The molecule has 0 spiro atoms. The van der Waals surface area contributed by atoms with E-state index in [0.717, 1.165) is 0 Å². The van der Waals surface area contributed by atoms with Crippen molar-refractivity contribution in [2.45, 2.75) is 24.9 Å². The van der Waals surface area contributed by atoms with Crippen LogP contribution < -0.4 is 5.73 Å². The van der Waals surface area contributed by atoms with Crippen molar-refractivity contribution in [2.24, 2.45) is 0 Å². The molecule has 1 aliphatic rings. The van der Waals surface area contributed by atoms with Gasteiger partial charge < -0.3 is 20.7 Å². The van der Waals surface area contributed by atoms with E-state index in [1.54, 1.807) is 10.9 Å². The maximum absolute atomic E-state index is 9.71. The van der Waals surface area contributed by atoms with Gasteiger partial charge in [0.2, 0.25) is 0 Å². The van der Waals surface area contributed by atoms with E-state index in [2.05, 4.69) is 15.0 Å². The van der Waals surface area contributed by atoms with Gasteiger partial charge in [-0.3, -0.25) is 4.57 Å². The van der Waals surface area contributed by atoms with Crippen molar-refractivity contribution >= 4 is 17.0 Å². The number of aromatic nitrogens is 4. The molecule has 0 aromatic carbocycles. The predicted octanol–water partition coefficient (Wildman–Crippen LogP) is -0.951. The quantitative estimate of drug-likeness (QED) is 0.590. The minimum atomic E-state index is -0.698. The van der Waals surface area contributed by atoms with Crippen LogP contribution in [0.3, 0.4) is 0 Å². The van der Waals surface area contributed by atoms with Crippen molar-refractivity contribution in [3.63, 3.8) is 0 Å². The summed E-state index contributed by atoms with van der Waals surface area (Å²) in [5.74, 6) is 0.302. The lowest BCUT2D eigenvalue weighted by Gasteiger charge is -2.13. The Labute approximate surface area is 102 Å². The molecule has 1 fully saturated rings. The molecule has 0 unspecified atom stereocenters. The van der Waals surface area contributed by atoms with Crippen LogP contribution in [0.5, 0.6) is 0 Å². The summed E-state index contributed by atoms with van der Waals surface area (Å²) in [7, 11) is 0. The average Bonchev–Trinajstić information content (AvgIpc) is 2.93. The van der Waals surface area contributed by atoms with Gasteiger partial charge in [0.25, 0.3) is 0 Å². The number of hydrogen-bond donors (Lipinski definition) is 3. The van der Waals surface area contributed by atoms with Crippen LogP contribution in [0.1, 0.15) is 12.6 Å². The average molecular weight is 253 g/mol. The zero-order valence-corrected chi connectivity index (χ0v) is 9.47. The standard InChI is InChI=1S/C10H13N5O3/c11-9-8-10(13-3-12-9)15(4-14-8)7-1-5(17)6(2-16)18-7/h3-7,16-17H,1-2H2,(H2,11,12,13)/t5-,6+,7+/m0/s1/i11+1,14+1. The molecule has 4 N–H and O–H groups in total. The summed E-state index contributed by atoms with van der Waals surface area (Å²) in [5.41, 5.74) is 6.75. The number of nitrogens with two attached hydrogens (primary N) is 1. The molecule has 8 heteroatoms. The molecule has 8 nitrogen and oxygen atoms in total. The number of anilines is 1. The summed E-state index contributed by atoms with van der Waals surface area (Å²) in [6.45, 7) is -0.221. The van der Waals surface area contributed by atoms with E-state index in [-0.39, 0.29) is 6.61 Å². The number of aliphatic hydroxyl groups excluding tert-OH is 2. The van der Waals surface area contributed by atoms with Crippen molar-refractivity contribution in [2.75, 3.05) is 12.3 Å². The molecule has 3 atom stereocenters. The SMILES string of the molecule is [15NH2]c1ncnc2c1[15n]cn2[C@H]1C[C@H](O)[C@@H](CO)O1. The number of nitrogen functional groups attached to an aromatic ring is 1. The molecular weight excluding hydrogens is 240 g/mol. The Morgan fingerprint density at radius 3 is 3.00 bits per heavy atom. The number of hydrogen-bond acceptors (Lipinski definition) is 7. The van der Waals surface area contributed by atoms with E-state index in [1.165, 1.54) is 6.33 Å². The van der Waals surface area contributed by atoms with Gasteiger partial charge >= 0.3 is 0 Å². The van der Waals surface area contributed by atoms with Crippen LogP contribution in [0.2, 0.25) is 0 Å². The lowest BCUT2D eigenvalue weighted by atomic mass is 10.2. The van der Waals surface area contributed by atoms with Gasteiger partial charge in [-0.1, -0.05) is 0 Å². The zero-order chi connectivity index (χ0) is 12.7. The van der Waals surface area contributed by atoms with Crippen LogP contribution in [-0.4, -0.2) is 48.5 Å². The molecule has 0 radical (unpaired) electrons. The number of imidazole rings is 1. The molecule has 1 aliphatic heterocycles. The summed E-state index contributed by atoms with van der Waals surface area (Å²) in [6.07, 6.45) is 1.60. The van der Waals surface area contributed by atoms with Gasteiger partial charge in [-0.15, -0.1) is 0 Å². The molecule has 0 bridgehead atoms. The molecule has 0 aliphatic carbocycles. The Balaban J connectivity index is 1.99. The first kappa shape index (κ1) is 11.3. The van der Waals surface area contributed by atoms with E-state index in [9.17, 15) is 5.11 Å². The van der Waals surface area contributed by atoms with E-state index < -0.39 is 18.4 Å². The third kappa shape index (κ3) is 1.62. The van der Waals surface area contributed by atoms with Crippen molar-refractivity contribution < 1.29 is 14.9 Å². The van der Waals surface area contributed by atoms with Crippen LogP contribution in [0.4, 0.5) is 5.82 Å². The highest BCUT2D eigenvalue weighted by molar-refractivity contribution is 5.81. The number of aliphatic hydroxyl groups is 2. The van der Waals surface area contributed by atoms with Gasteiger partial charge in [-0.05, 0) is 0 Å². The molecule has 3 heterocycles. The summed E-state index contributed by atoms with van der Waals surface area (Å²) in [5, 5.41) is 18.8. The molecule has 1 saturated heterocycles. The molecule has 18 heavy (non-hydrogen) atoms. The first-order chi connectivity index (χ1) is 8.70. The summed E-state index contributed by atoms with van der Waals surface area (Å²) in [4.78, 5) is 12.1. The Morgan fingerprint density at radius 1 is 1.44 bits per heavy atom. The van der Waals surface area contributed by atoms with Crippen LogP contribution in [0, 0.1) is 0 Å². The van der Waals surface area contributed by atoms with Crippen LogP contribution in [0.15, 0.2) is 12.7 Å². The monoisotopic (exact) mass is 253 g/mol. The molecule has 0 amide bonds. The topological polar surface area (TPSA) is 119 Å². The number of ether oxygens (including phenoxy) is 1. The molecule has 2 aromatic heterocycles. The van der Waals surface area contributed by atoms with E-state index >= 15 is 0 Å². The van der Waals surface area contributed by atoms with Crippen LogP contribution >= 0.6 is 0 Å². The third-order valence-electron chi connectivity index (χ3n) is 3.08. The minimum absolute atomic E-state index is 0.221. The van der Waals surface area contributed by atoms with E-state index in [0.29, 0.717) is 23.4 Å². The van der Waals surface area contributed by atoms with E-state index in [1.807, 2.05) is 0 Å². The molecule has 2 aromatic rings. The highest BCUT2D eigenvalue weighted by Crippen LogP contribution is 2.30. The summed E-state index contributed by atoms with van der Waals surface area (Å²) < 4.78 is 7.22. The Bertz CT molecular complexity index is 572. The summed E-state index contributed by atoms with van der Waals surface area (Å²) >= 11 is 0. The van der Waals surface area contributed by atoms with Crippen molar-refractivity contribution in [3.8, 4) is 0 Å². The second-order valence-electron chi connectivity index (χ2n) is 4.20. The van der Waals surface area contributed by atoms with E-state index in [4.69, 9.17) is 15.6 Å². The minimum Gasteiger partial charge on any atom is -0.394 e. The number of fused-ring (bicyclic) bond motifs is 1. The van der Waals surface area contributed by atoms with Crippen molar-refractivity contribution in [1.82, 2.24) is 19.5 Å². The lowest BCUT2D eigenvalue weighted by molar-refractivity contribution is -0.0432. The normalized spacial score (nSPS) is 28.0. The molecule has 96 valence electrons. The molecular formula is C10H13N5O3. The van der Waals surface area contributed by atoms with Gasteiger partial charge in [0.1, 0.15) is 24.2 Å². The Kier molecular flexibility index (Phi) is 2.62. The fraction of sp³-hybridized carbons (Fsp3) is 0.500. The van der Waals surface area contributed by atoms with Crippen LogP contribution in [-0.2, 0) is 4.74 Å². The Hall–Kier alpha value is -1.77. The van der Waals surface area contributed by atoms with Gasteiger partial charge in [0.15, 0.2) is 11.5 Å². The Morgan fingerprint density at radius 2 is 2.28 bits per heavy atom. The fourth-order valence-electron chi connectivity index (χ4n) is 2.13. The predicted molar refractivity (Wildman–Crippen MR) is 61.4 cm³/mol. The molecule has 0 saturated carbocycles. The van der Waals surface area contributed by atoms with Crippen molar-refractivity contribution in [1.29, 1.82) is 0 Å². The lowest BCUT2D eigenvalue weighted by Crippen LogP contribution is -2.24. The fourth-order valence-corrected chi connectivity index (χ4v) is 2.13. The second kappa shape index (κ2) is 4.16. The van der Waals surface area contributed by atoms with Gasteiger partial charge in [-0.2, -0.15) is 0 Å². The summed E-state index contributed by atoms with van der Waals surface area (Å²) in [6, 6.07) is 0. The highest BCUT2D eigenvalue weighted by atomic mass is 16.5. The number of rotatable bonds is 2. The largest absolute Gasteiger partial charge is 0.394 e. The highest BCUT2D eigenvalue weighted by Gasteiger charge is 2.35. The van der Waals surface area contributed by atoms with Gasteiger partial charge in [-0.25, -0.2) is 15.0 Å². The number of nitrogens with zero attached hydrogens (tertiary/aromatic N) is 4. The smallest absolute Gasteiger partial charge is 0.167 e. The second-order valence-corrected chi connectivity index (χ2v) is 4.20.